The molecule has 0 radical (unpaired) electrons. The summed E-state index contributed by atoms with van der Waals surface area (Å²) in [6.45, 7) is 1.92. The van der Waals surface area contributed by atoms with E-state index in [-0.39, 0.29) is 12.6 Å². The standard InChI is InChI=1S/C13H12N4O3/c1-2-19-13(18)20-12-15-6-10-11(17-12)8-5-7(14)3-4-9(8)16-10/h3-6,16H,2,14H2,1H3. The number of aromatic nitrogens is 3. The zero-order chi connectivity index (χ0) is 14.1. The molecule has 102 valence electrons. The molecule has 0 bridgehead atoms. The summed E-state index contributed by atoms with van der Waals surface area (Å²) in [5.41, 5.74) is 8.66. The lowest BCUT2D eigenvalue weighted by atomic mass is 10.2. The van der Waals surface area contributed by atoms with Crippen LogP contribution in [0.25, 0.3) is 21.9 Å². The Morgan fingerprint density at radius 2 is 2.25 bits per heavy atom. The first-order valence-corrected chi connectivity index (χ1v) is 6.06. The number of hydrogen-bond acceptors (Lipinski definition) is 6. The number of carbonyl (C=O) groups is 1. The molecule has 3 N–H and O–H groups in total. The van der Waals surface area contributed by atoms with Crippen LogP contribution < -0.4 is 10.5 Å². The number of ether oxygens (including phenoxy) is 2. The lowest BCUT2D eigenvalue weighted by molar-refractivity contribution is 0.101. The van der Waals surface area contributed by atoms with Gasteiger partial charge in [-0.2, -0.15) is 4.98 Å². The van der Waals surface area contributed by atoms with Crippen molar-refractivity contribution in [1.82, 2.24) is 15.0 Å². The Bertz CT molecular complexity index is 797. The average molecular weight is 272 g/mol. The molecule has 0 atom stereocenters. The fourth-order valence-electron chi connectivity index (χ4n) is 1.95. The van der Waals surface area contributed by atoms with E-state index in [1.54, 1.807) is 25.3 Å². The Labute approximate surface area is 113 Å². The van der Waals surface area contributed by atoms with Crippen LogP contribution in [-0.2, 0) is 4.74 Å². The predicted molar refractivity (Wildman–Crippen MR) is 73.5 cm³/mol. The summed E-state index contributed by atoms with van der Waals surface area (Å²) >= 11 is 0. The quantitative estimate of drug-likeness (QED) is 0.547. The zero-order valence-corrected chi connectivity index (χ0v) is 10.7. The minimum absolute atomic E-state index is 0.0562. The maximum absolute atomic E-state index is 11.3. The number of H-pyrrole nitrogens is 1. The molecule has 20 heavy (non-hydrogen) atoms. The number of fused-ring (bicyclic) bond motifs is 3. The van der Waals surface area contributed by atoms with E-state index < -0.39 is 6.16 Å². The molecule has 0 unspecified atom stereocenters. The number of benzene rings is 1. The van der Waals surface area contributed by atoms with Gasteiger partial charge in [0.1, 0.15) is 5.52 Å². The largest absolute Gasteiger partial charge is 0.516 e. The van der Waals surface area contributed by atoms with Crippen molar-refractivity contribution in [2.24, 2.45) is 0 Å². The van der Waals surface area contributed by atoms with Crippen LogP contribution in [0.3, 0.4) is 0 Å². The number of carbonyl (C=O) groups excluding carboxylic acids is 1. The lowest BCUT2D eigenvalue weighted by Gasteiger charge is -2.01. The van der Waals surface area contributed by atoms with Crippen LogP contribution in [0, 0.1) is 0 Å². The number of anilines is 1. The summed E-state index contributed by atoms with van der Waals surface area (Å²) in [4.78, 5) is 22.6. The molecule has 0 aliphatic heterocycles. The molecule has 7 heteroatoms. The van der Waals surface area contributed by atoms with Gasteiger partial charge in [0.05, 0.1) is 18.3 Å². The van der Waals surface area contributed by atoms with Crippen LogP contribution in [0.2, 0.25) is 0 Å². The minimum Gasteiger partial charge on any atom is -0.434 e. The minimum atomic E-state index is -0.828. The summed E-state index contributed by atoms with van der Waals surface area (Å²) < 4.78 is 9.56. The fourth-order valence-corrected chi connectivity index (χ4v) is 1.95. The van der Waals surface area contributed by atoms with Crippen LogP contribution in [0.1, 0.15) is 6.92 Å². The Balaban J connectivity index is 2.07. The molecule has 2 aromatic heterocycles. The van der Waals surface area contributed by atoms with Crippen molar-refractivity contribution in [2.75, 3.05) is 12.3 Å². The van der Waals surface area contributed by atoms with Gasteiger partial charge < -0.3 is 20.2 Å². The smallest absolute Gasteiger partial charge is 0.434 e. The second-order valence-electron chi connectivity index (χ2n) is 4.13. The third kappa shape index (κ3) is 2.09. The molecule has 0 saturated heterocycles. The summed E-state index contributed by atoms with van der Waals surface area (Å²) in [6.07, 6.45) is 0.721. The molecular weight excluding hydrogens is 260 g/mol. The first-order chi connectivity index (χ1) is 9.67. The predicted octanol–water partition coefficient (Wildman–Crippen LogP) is 2.23. The van der Waals surface area contributed by atoms with Gasteiger partial charge >= 0.3 is 12.2 Å². The number of nitrogens with zero attached hydrogens (tertiary/aromatic N) is 2. The van der Waals surface area contributed by atoms with Crippen molar-refractivity contribution in [2.45, 2.75) is 6.92 Å². The summed E-state index contributed by atoms with van der Waals surface area (Å²) in [5, 5.41) is 0.844. The first-order valence-electron chi connectivity index (χ1n) is 6.06. The molecule has 3 aromatic rings. The second kappa shape index (κ2) is 4.69. The molecule has 0 aliphatic carbocycles. The lowest BCUT2D eigenvalue weighted by Crippen LogP contribution is -2.11. The van der Waals surface area contributed by atoms with Gasteiger partial charge in [-0.25, -0.2) is 9.78 Å². The van der Waals surface area contributed by atoms with Crippen LogP contribution in [0.15, 0.2) is 24.4 Å². The Morgan fingerprint density at radius 3 is 3.05 bits per heavy atom. The molecular formula is C13H12N4O3. The highest BCUT2D eigenvalue weighted by Crippen LogP contribution is 2.26. The third-order valence-corrected chi connectivity index (χ3v) is 2.77. The van der Waals surface area contributed by atoms with E-state index in [2.05, 4.69) is 19.7 Å². The van der Waals surface area contributed by atoms with E-state index in [0.717, 1.165) is 16.4 Å². The number of nitrogens with one attached hydrogen (secondary N) is 1. The van der Waals surface area contributed by atoms with Crippen molar-refractivity contribution in [3.63, 3.8) is 0 Å². The van der Waals surface area contributed by atoms with Crippen LogP contribution in [0.4, 0.5) is 10.5 Å². The van der Waals surface area contributed by atoms with E-state index >= 15 is 0 Å². The average Bonchev–Trinajstić information content (AvgIpc) is 2.76. The maximum atomic E-state index is 11.3. The molecule has 7 nitrogen and oxygen atoms in total. The SMILES string of the molecule is CCOC(=O)Oc1ncc2[nH]c3ccc(N)cc3c2n1. The highest BCUT2D eigenvalue weighted by Gasteiger charge is 2.11. The van der Waals surface area contributed by atoms with Crippen LogP contribution >= 0.6 is 0 Å². The first kappa shape index (κ1) is 12.2. The topological polar surface area (TPSA) is 103 Å². The van der Waals surface area contributed by atoms with Gasteiger partial charge in [-0.15, -0.1) is 0 Å². The highest BCUT2D eigenvalue weighted by molar-refractivity contribution is 6.05. The molecule has 0 fully saturated rings. The van der Waals surface area contributed by atoms with Crippen LogP contribution in [-0.4, -0.2) is 27.7 Å². The van der Waals surface area contributed by atoms with Gasteiger partial charge in [0.15, 0.2) is 0 Å². The van der Waals surface area contributed by atoms with E-state index in [1.165, 1.54) is 0 Å². The Kier molecular flexibility index (Phi) is 2.86. The number of aromatic amines is 1. The summed E-state index contributed by atoms with van der Waals surface area (Å²) in [5.74, 6) is 0. The maximum Gasteiger partial charge on any atom is 0.516 e. The second-order valence-corrected chi connectivity index (χ2v) is 4.13. The summed E-state index contributed by atoms with van der Waals surface area (Å²) in [6, 6.07) is 5.40. The van der Waals surface area contributed by atoms with Crippen molar-refractivity contribution in [3.8, 4) is 6.01 Å². The summed E-state index contributed by atoms with van der Waals surface area (Å²) in [7, 11) is 0. The van der Waals surface area contributed by atoms with Gasteiger partial charge in [0.25, 0.3) is 0 Å². The van der Waals surface area contributed by atoms with E-state index in [4.69, 9.17) is 10.5 Å². The van der Waals surface area contributed by atoms with E-state index in [0.29, 0.717) is 11.2 Å². The highest BCUT2D eigenvalue weighted by atomic mass is 16.7. The number of nitrogen functional groups attached to an aromatic ring is 1. The van der Waals surface area contributed by atoms with E-state index in [1.807, 2.05) is 6.07 Å². The molecule has 2 heterocycles. The van der Waals surface area contributed by atoms with Crippen molar-refractivity contribution in [3.05, 3.63) is 24.4 Å². The monoisotopic (exact) mass is 272 g/mol. The van der Waals surface area contributed by atoms with Crippen LogP contribution in [0.5, 0.6) is 6.01 Å². The Hall–Kier alpha value is -2.83. The molecule has 0 amide bonds. The van der Waals surface area contributed by atoms with Gasteiger partial charge in [-0.1, -0.05) is 0 Å². The molecule has 1 aromatic carbocycles. The van der Waals surface area contributed by atoms with Crippen molar-refractivity contribution >= 4 is 33.8 Å². The van der Waals surface area contributed by atoms with Gasteiger partial charge in [0.2, 0.25) is 0 Å². The number of hydrogen-bond donors (Lipinski definition) is 2. The van der Waals surface area contributed by atoms with Crippen molar-refractivity contribution in [1.29, 1.82) is 0 Å². The Morgan fingerprint density at radius 1 is 1.40 bits per heavy atom. The molecule has 0 saturated carbocycles. The van der Waals surface area contributed by atoms with E-state index in [9.17, 15) is 4.79 Å². The molecule has 0 spiro atoms. The number of rotatable bonds is 2. The van der Waals surface area contributed by atoms with Gasteiger partial charge in [0, 0.05) is 16.6 Å². The third-order valence-electron chi connectivity index (χ3n) is 2.77. The normalized spacial score (nSPS) is 10.8. The molecule has 3 rings (SSSR count). The molecule has 0 aliphatic rings. The zero-order valence-electron chi connectivity index (χ0n) is 10.7. The van der Waals surface area contributed by atoms with Gasteiger partial charge in [-0.3, -0.25) is 0 Å². The van der Waals surface area contributed by atoms with Crippen molar-refractivity contribution < 1.29 is 14.3 Å². The van der Waals surface area contributed by atoms with Gasteiger partial charge in [-0.05, 0) is 25.1 Å². The number of nitrogens with two attached hydrogens (primary N) is 1. The fraction of sp³-hybridized carbons (Fsp3) is 0.154.